The zero-order chi connectivity index (χ0) is 21.2. The van der Waals surface area contributed by atoms with Gasteiger partial charge in [-0.2, -0.15) is 0 Å². The Morgan fingerprint density at radius 1 is 1.07 bits per heavy atom. The highest BCUT2D eigenvalue weighted by Crippen LogP contribution is 2.87. The van der Waals surface area contributed by atoms with Gasteiger partial charge in [0, 0.05) is 17.4 Å². The summed E-state index contributed by atoms with van der Waals surface area (Å²) in [5.74, 6) is 1.84. The summed E-state index contributed by atoms with van der Waals surface area (Å²) < 4.78 is 0. The molecule has 0 amide bonds. The largest absolute Gasteiger partial charge is 0.393 e. The van der Waals surface area contributed by atoms with Gasteiger partial charge in [0.25, 0.3) is 0 Å². The van der Waals surface area contributed by atoms with Crippen LogP contribution < -0.4 is 0 Å². The number of rotatable bonds is 2. The second-order valence-corrected chi connectivity index (χ2v) is 12.8. The van der Waals surface area contributed by atoms with Crippen LogP contribution in [-0.4, -0.2) is 42.0 Å². The van der Waals surface area contributed by atoms with Crippen LogP contribution in [0, 0.1) is 44.8 Å². The normalized spacial score (nSPS) is 55.7. The summed E-state index contributed by atoms with van der Waals surface area (Å²) in [6.45, 7) is 11.7. The van der Waals surface area contributed by atoms with E-state index in [2.05, 4.69) is 59.7 Å². The number of ketones is 1. The standard InChI is InChI=1S/C26H41NO2/c1-16(27(6)7)21-17(28)14-24(5)19-9-8-18-22(2,3)20(29)10-11-25(18)15-26(19,25)13-12-23(21,24)4/h10-11,16-19,21,28H,8-9,12-15H2,1-7H3/t16-,17+,18-,19-,21-,23+,24-,25+,26-/m0/s1. The molecule has 3 nitrogen and oxygen atoms in total. The first-order chi connectivity index (χ1) is 13.4. The molecule has 5 aliphatic rings. The van der Waals surface area contributed by atoms with E-state index in [1.54, 1.807) is 0 Å². The second kappa shape index (κ2) is 5.57. The third-order valence-corrected chi connectivity index (χ3v) is 11.8. The maximum atomic E-state index is 12.7. The molecule has 0 bridgehead atoms. The molecule has 162 valence electrons. The summed E-state index contributed by atoms with van der Waals surface area (Å²) in [5, 5.41) is 11.3. The van der Waals surface area contributed by atoms with Gasteiger partial charge in [-0.15, -0.1) is 0 Å². The van der Waals surface area contributed by atoms with Crippen molar-refractivity contribution in [1.82, 2.24) is 4.90 Å². The molecule has 0 aliphatic heterocycles. The van der Waals surface area contributed by atoms with E-state index < -0.39 is 0 Å². The van der Waals surface area contributed by atoms with Gasteiger partial charge in [0.2, 0.25) is 0 Å². The molecule has 4 saturated carbocycles. The number of fused-ring (bicyclic) bond motifs is 2. The van der Waals surface area contributed by atoms with E-state index in [0.29, 0.717) is 35.0 Å². The molecule has 5 aliphatic carbocycles. The van der Waals surface area contributed by atoms with Crippen LogP contribution in [0.15, 0.2) is 12.2 Å². The maximum Gasteiger partial charge on any atom is 0.161 e. The van der Waals surface area contributed by atoms with Gasteiger partial charge in [-0.1, -0.05) is 33.8 Å². The minimum Gasteiger partial charge on any atom is -0.393 e. The Morgan fingerprint density at radius 3 is 2.38 bits per heavy atom. The van der Waals surface area contributed by atoms with Crippen LogP contribution in [0.25, 0.3) is 0 Å². The van der Waals surface area contributed by atoms with Crippen molar-refractivity contribution in [3.8, 4) is 0 Å². The lowest BCUT2D eigenvalue weighted by atomic mass is 9.42. The highest BCUT2D eigenvalue weighted by Gasteiger charge is 2.82. The van der Waals surface area contributed by atoms with Gasteiger partial charge >= 0.3 is 0 Å². The summed E-state index contributed by atoms with van der Waals surface area (Å²) >= 11 is 0. The molecule has 9 atom stereocenters. The molecule has 0 aromatic carbocycles. The van der Waals surface area contributed by atoms with Gasteiger partial charge < -0.3 is 10.0 Å². The van der Waals surface area contributed by atoms with Gasteiger partial charge in [0.05, 0.1) is 6.10 Å². The van der Waals surface area contributed by atoms with Gasteiger partial charge in [0.15, 0.2) is 5.78 Å². The lowest BCUT2D eigenvalue weighted by Crippen LogP contribution is -2.57. The number of aliphatic hydroxyl groups excluding tert-OH is 1. The molecule has 1 N–H and O–H groups in total. The number of aliphatic hydroxyl groups is 1. The lowest BCUT2D eigenvalue weighted by molar-refractivity contribution is -0.142. The zero-order valence-electron chi connectivity index (χ0n) is 19.6. The fourth-order valence-electron chi connectivity index (χ4n) is 9.89. The van der Waals surface area contributed by atoms with Crippen LogP contribution in [0.5, 0.6) is 0 Å². The Morgan fingerprint density at radius 2 is 1.72 bits per heavy atom. The van der Waals surface area contributed by atoms with Gasteiger partial charge in [-0.3, -0.25) is 4.79 Å². The molecule has 3 heteroatoms. The Bertz CT molecular complexity index is 786. The van der Waals surface area contributed by atoms with Gasteiger partial charge in [0.1, 0.15) is 0 Å². The quantitative estimate of drug-likeness (QED) is 0.732. The van der Waals surface area contributed by atoms with Crippen molar-refractivity contribution in [3.05, 3.63) is 12.2 Å². The molecule has 0 aromatic heterocycles. The Balaban J connectivity index is 1.56. The van der Waals surface area contributed by atoms with E-state index in [-0.39, 0.29) is 27.8 Å². The summed E-state index contributed by atoms with van der Waals surface area (Å²) in [5.41, 5.74) is 0.768. The molecule has 2 spiro atoms. The first kappa shape index (κ1) is 20.2. The smallest absolute Gasteiger partial charge is 0.161 e. The Labute approximate surface area is 177 Å². The highest BCUT2D eigenvalue weighted by atomic mass is 16.3. The van der Waals surface area contributed by atoms with Gasteiger partial charge in [-0.25, -0.2) is 0 Å². The minimum atomic E-state index is -0.220. The molecule has 0 radical (unpaired) electrons. The van der Waals surface area contributed by atoms with E-state index in [9.17, 15) is 9.90 Å². The van der Waals surface area contributed by atoms with Crippen LogP contribution in [0.1, 0.15) is 73.1 Å². The molecule has 0 aromatic rings. The van der Waals surface area contributed by atoms with Crippen LogP contribution in [0.3, 0.4) is 0 Å². The van der Waals surface area contributed by atoms with Crippen molar-refractivity contribution in [2.24, 2.45) is 44.8 Å². The molecule has 0 heterocycles. The van der Waals surface area contributed by atoms with E-state index in [0.717, 1.165) is 6.42 Å². The molecule has 29 heavy (non-hydrogen) atoms. The van der Waals surface area contributed by atoms with Crippen LogP contribution >= 0.6 is 0 Å². The molecule has 0 unspecified atom stereocenters. The van der Waals surface area contributed by atoms with Crippen molar-refractivity contribution in [2.45, 2.75) is 85.3 Å². The summed E-state index contributed by atoms with van der Waals surface area (Å²) in [6, 6.07) is 0.390. The van der Waals surface area contributed by atoms with Crippen LogP contribution in [0.2, 0.25) is 0 Å². The average molecular weight is 400 g/mol. The fourth-order valence-corrected chi connectivity index (χ4v) is 9.89. The van der Waals surface area contributed by atoms with Crippen molar-refractivity contribution < 1.29 is 9.90 Å². The number of carbonyl (C=O) groups excluding carboxylic acids is 1. The first-order valence-electron chi connectivity index (χ1n) is 12.0. The van der Waals surface area contributed by atoms with Crippen molar-refractivity contribution in [3.63, 3.8) is 0 Å². The second-order valence-electron chi connectivity index (χ2n) is 12.8. The third-order valence-electron chi connectivity index (χ3n) is 11.8. The first-order valence-corrected chi connectivity index (χ1v) is 12.0. The fraction of sp³-hybridized carbons (Fsp3) is 0.885. The average Bonchev–Trinajstić information content (AvgIpc) is 3.24. The van der Waals surface area contributed by atoms with E-state index in [1.807, 2.05) is 6.08 Å². The molecule has 0 saturated heterocycles. The van der Waals surface area contributed by atoms with Crippen molar-refractivity contribution in [2.75, 3.05) is 14.1 Å². The molecule has 4 fully saturated rings. The van der Waals surface area contributed by atoms with Gasteiger partial charge in [-0.05, 0) is 99.1 Å². The third kappa shape index (κ3) is 2.06. The SMILES string of the molecule is C[C@@H]([C@H]1[C@H](O)C[C@@]2(C)[C@@H]3CC[C@H]4C(C)(C)C(=O)C=C[C@@]45C[C@@]35CC[C@]12C)N(C)C. The van der Waals surface area contributed by atoms with Crippen LogP contribution in [0.4, 0.5) is 0 Å². The summed E-state index contributed by atoms with van der Waals surface area (Å²) in [7, 11) is 4.32. The maximum absolute atomic E-state index is 12.7. The molecule has 5 rings (SSSR count). The van der Waals surface area contributed by atoms with Crippen LogP contribution in [-0.2, 0) is 4.79 Å². The Kier molecular flexibility index (Phi) is 3.89. The lowest BCUT2D eigenvalue weighted by Gasteiger charge is -2.62. The van der Waals surface area contributed by atoms with E-state index in [4.69, 9.17) is 0 Å². The Hall–Kier alpha value is -0.670. The predicted molar refractivity (Wildman–Crippen MR) is 116 cm³/mol. The number of hydrogen-bond donors (Lipinski definition) is 1. The number of hydrogen-bond acceptors (Lipinski definition) is 3. The number of allylic oxidation sites excluding steroid dienone is 2. The zero-order valence-corrected chi connectivity index (χ0v) is 19.6. The topological polar surface area (TPSA) is 40.5 Å². The van der Waals surface area contributed by atoms with Crippen molar-refractivity contribution in [1.29, 1.82) is 0 Å². The number of carbonyl (C=O) groups is 1. The minimum absolute atomic E-state index is 0.187. The molecular formula is C26H41NO2. The highest BCUT2D eigenvalue weighted by molar-refractivity contribution is 5.96. The summed E-state index contributed by atoms with van der Waals surface area (Å²) in [6.07, 6.45) is 11.2. The molecular weight excluding hydrogens is 358 g/mol. The predicted octanol–water partition coefficient (Wildman–Crippen LogP) is 4.69. The van der Waals surface area contributed by atoms with E-state index in [1.165, 1.54) is 32.1 Å². The van der Waals surface area contributed by atoms with E-state index >= 15 is 0 Å². The monoisotopic (exact) mass is 399 g/mol. The number of nitrogens with zero attached hydrogens (tertiary/aromatic N) is 1. The van der Waals surface area contributed by atoms with Crippen molar-refractivity contribution >= 4 is 5.78 Å². The summed E-state index contributed by atoms with van der Waals surface area (Å²) in [4.78, 5) is 15.0.